The lowest BCUT2D eigenvalue weighted by Gasteiger charge is -2.24. The second-order valence-corrected chi connectivity index (χ2v) is 5.24. The van der Waals surface area contributed by atoms with Crippen LogP contribution < -0.4 is 14.5 Å². The fourth-order valence-electron chi connectivity index (χ4n) is 2.84. The zero-order valence-corrected chi connectivity index (χ0v) is 12.3. The van der Waals surface area contributed by atoms with Crippen LogP contribution in [0, 0.1) is 0 Å². The number of carbonyl (C=O) groups is 2. The molecule has 0 aromatic heterocycles. The Bertz CT molecular complexity index is 829. The summed E-state index contributed by atoms with van der Waals surface area (Å²) in [5.74, 6) is 0.357. The van der Waals surface area contributed by atoms with Crippen molar-refractivity contribution < 1.29 is 14.3 Å². The Labute approximate surface area is 132 Å². The summed E-state index contributed by atoms with van der Waals surface area (Å²) in [6, 6.07) is 13.0. The molecule has 1 atom stereocenters. The summed E-state index contributed by atoms with van der Waals surface area (Å²) < 4.78 is 5.11. The van der Waals surface area contributed by atoms with E-state index in [1.807, 2.05) is 18.2 Å². The Morgan fingerprint density at radius 1 is 1.04 bits per heavy atom. The van der Waals surface area contributed by atoms with Gasteiger partial charge in [0, 0.05) is 6.21 Å². The van der Waals surface area contributed by atoms with E-state index in [0.29, 0.717) is 22.8 Å². The van der Waals surface area contributed by atoms with E-state index < -0.39 is 6.04 Å². The number of carbonyl (C=O) groups excluding carboxylic acids is 2. The Balaban J connectivity index is 1.76. The van der Waals surface area contributed by atoms with E-state index in [2.05, 4.69) is 4.99 Å². The Morgan fingerprint density at radius 2 is 1.78 bits per heavy atom. The number of para-hydroxylation sites is 2. The molecule has 0 spiro atoms. The fraction of sp³-hybridized carbons (Fsp3) is 0.118. The van der Waals surface area contributed by atoms with E-state index >= 15 is 0 Å². The first-order valence-electron chi connectivity index (χ1n) is 7.15. The fourth-order valence-corrected chi connectivity index (χ4v) is 2.84. The van der Waals surface area contributed by atoms with Crippen molar-refractivity contribution in [2.45, 2.75) is 6.04 Å². The molecule has 1 unspecified atom stereocenters. The molecule has 2 aliphatic heterocycles. The highest BCUT2D eigenvalue weighted by Gasteiger charge is 2.47. The minimum atomic E-state index is -0.695. The monoisotopic (exact) mass is 307 g/mol. The summed E-state index contributed by atoms with van der Waals surface area (Å²) in [6.45, 7) is 0. The number of benzene rings is 2. The van der Waals surface area contributed by atoms with Crippen LogP contribution in [0.5, 0.6) is 5.75 Å². The van der Waals surface area contributed by atoms with E-state index in [9.17, 15) is 9.59 Å². The van der Waals surface area contributed by atoms with Gasteiger partial charge in [-0.25, -0.2) is 9.69 Å². The maximum Gasteiger partial charge on any atom is 0.337 e. The molecule has 6 nitrogen and oxygen atoms in total. The molecule has 2 aliphatic rings. The molecule has 23 heavy (non-hydrogen) atoms. The van der Waals surface area contributed by atoms with Gasteiger partial charge in [0.2, 0.25) is 0 Å². The van der Waals surface area contributed by atoms with Crippen LogP contribution in [-0.2, 0) is 4.79 Å². The number of methoxy groups -OCH3 is 1. The van der Waals surface area contributed by atoms with E-state index in [1.165, 1.54) is 16.0 Å². The second-order valence-electron chi connectivity index (χ2n) is 5.24. The molecule has 0 saturated carbocycles. The van der Waals surface area contributed by atoms with Crippen LogP contribution in [0.2, 0.25) is 0 Å². The lowest BCUT2D eigenvalue weighted by molar-refractivity contribution is -0.116. The van der Waals surface area contributed by atoms with Gasteiger partial charge in [-0.15, -0.1) is 0 Å². The number of imide groups is 1. The predicted octanol–water partition coefficient (Wildman–Crippen LogP) is 2.75. The molecule has 0 radical (unpaired) electrons. The number of amides is 3. The Hall–Kier alpha value is -3.15. The lowest BCUT2D eigenvalue weighted by atomic mass is 10.1. The molecular weight excluding hydrogens is 294 g/mol. The van der Waals surface area contributed by atoms with Crippen LogP contribution in [-0.4, -0.2) is 31.3 Å². The highest BCUT2D eigenvalue weighted by Crippen LogP contribution is 2.38. The van der Waals surface area contributed by atoms with Gasteiger partial charge in [-0.2, -0.15) is 0 Å². The van der Waals surface area contributed by atoms with Gasteiger partial charge in [-0.05, 0) is 36.4 Å². The van der Waals surface area contributed by atoms with E-state index in [-0.39, 0.29) is 11.9 Å². The maximum absolute atomic E-state index is 12.8. The highest BCUT2D eigenvalue weighted by molar-refractivity contribution is 6.34. The summed E-state index contributed by atoms with van der Waals surface area (Å²) in [6.07, 6.45) is 1.52. The van der Waals surface area contributed by atoms with Crippen molar-refractivity contribution in [1.29, 1.82) is 0 Å². The maximum atomic E-state index is 12.8. The zero-order valence-electron chi connectivity index (χ0n) is 12.3. The summed E-state index contributed by atoms with van der Waals surface area (Å²) >= 11 is 0. The van der Waals surface area contributed by atoms with Crippen LogP contribution in [0.1, 0.15) is 0 Å². The number of rotatable bonds is 2. The Morgan fingerprint density at radius 3 is 2.52 bits per heavy atom. The number of hydrogen-bond donors (Lipinski definition) is 0. The van der Waals surface area contributed by atoms with Gasteiger partial charge in [0.05, 0.1) is 24.2 Å². The summed E-state index contributed by atoms with van der Waals surface area (Å²) in [5.41, 5.74) is 1.84. The van der Waals surface area contributed by atoms with E-state index in [4.69, 9.17) is 4.74 Å². The largest absolute Gasteiger partial charge is 0.497 e. The highest BCUT2D eigenvalue weighted by atomic mass is 16.5. The minimum Gasteiger partial charge on any atom is -0.497 e. The van der Waals surface area contributed by atoms with Crippen molar-refractivity contribution in [2.24, 2.45) is 4.99 Å². The normalized spacial score (nSPS) is 18.9. The molecule has 0 aliphatic carbocycles. The predicted molar refractivity (Wildman–Crippen MR) is 86.7 cm³/mol. The molecular formula is C17H13N3O3. The number of fused-ring (bicyclic) bond motifs is 3. The molecule has 3 amide bonds. The van der Waals surface area contributed by atoms with Gasteiger partial charge in [0.25, 0.3) is 5.91 Å². The summed E-state index contributed by atoms with van der Waals surface area (Å²) in [7, 11) is 1.56. The molecule has 4 rings (SSSR count). The van der Waals surface area contributed by atoms with Crippen molar-refractivity contribution in [3.05, 3.63) is 48.5 Å². The molecule has 114 valence electrons. The molecule has 2 heterocycles. The average molecular weight is 307 g/mol. The standard InChI is InChI=1S/C17H13N3O3/c1-23-12-8-6-11(7-9-12)19-16(21)15-10-18-13-4-2-3-5-14(13)20(15)17(19)22/h2-10,15H,1H3. The van der Waals surface area contributed by atoms with Crippen LogP contribution in [0.4, 0.5) is 21.9 Å². The SMILES string of the molecule is COc1ccc(N2C(=O)C3C=Nc4ccccc4N3C2=O)cc1. The van der Waals surface area contributed by atoms with Gasteiger partial charge in [0.1, 0.15) is 5.75 Å². The topological polar surface area (TPSA) is 62.2 Å². The van der Waals surface area contributed by atoms with Crippen molar-refractivity contribution in [1.82, 2.24) is 0 Å². The van der Waals surface area contributed by atoms with Crippen molar-refractivity contribution in [3.63, 3.8) is 0 Å². The first-order valence-corrected chi connectivity index (χ1v) is 7.15. The lowest BCUT2D eigenvalue weighted by Crippen LogP contribution is -2.38. The van der Waals surface area contributed by atoms with Crippen LogP contribution in [0.25, 0.3) is 0 Å². The quantitative estimate of drug-likeness (QED) is 0.801. The van der Waals surface area contributed by atoms with Gasteiger partial charge in [0.15, 0.2) is 6.04 Å². The summed E-state index contributed by atoms with van der Waals surface area (Å²) in [4.78, 5) is 32.4. The molecule has 2 aromatic carbocycles. The van der Waals surface area contributed by atoms with Crippen molar-refractivity contribution >= 4 is 35.2 Å². The molecule has 0 N–H and O–H groups in total. The van der Waals surface area contributed by atoms with Crippen molar-refractivity contribution in [2.75, 3.05) is 16.9 Å². The molecule has 0 bridgehead atoms. The third-order valence-corrected chi connectivity index (χ3v) is 3.98. The van der Waals surface area contributed by atoms with Gasteiger partial charge < -0.3 is 4.74 Å². The van der Waals surface area contributed by atoms with Gasteiger partial charge in [-0.3, -0.25) is 14.7 Å². The van der Waals surface area contributed by atoms with Crippen LogP contribution in [0.3, 0.4) is 0 Å². The molecule has 1 fully saturated rings. The Kier molecular flexibility index (Phi) is 2.90. The minimum absolute atomic E-state index is 0.307. The number of anilines is 2. The molecule has 1 saturated heterocycles. The van der Waals surface area contributed by atoms with Crippen molar-refractivity contribution in [3.8, 4) is 5.75 Å². The molecule has 2 aromatic rings. The van der Waals surface area contributed by atoms with E-state index in [0.717, 1.165) is 0 Å². The van der Waals surface area contributed by atoms with E-state index in [1.54, 1.807) is 37.4 Å². The number of aliphatic imine (C=N–C) groups is 1. The third kappa shape index (κ3) is 1.92. The average Bonchev–Trinajstić information content (AvgIpc) is 2.86. The first-order chi connectivity index (χ1) is 11.2. The van der Waals surface area contributed by atoms with Gasteiger partial charge in [-0.1, -0.05) is 12.1 Å². The van der Waals surface area contributed by atoms with Gasteiger partial charge >= 0.3 is 6.03 Å². The first kappa shape index (κ1) is 13.5. The zero-order chi connectivity index (χ0) is 16.0. The number of hydrogen-bond acceptors (Lipinski definition) is 4. The summed E-state index contributed by atoms with van der Waals surface area (Å²) in [5, 5.41) is 0. The molecule has 6 heteroatoms. The number of urea groups is 1. The number of ether oxygens (including phenoxy) is 1. The van der Waals surface area contributed by atoms with Crippen LogP contribution >= 0.6 is 0 Å². The van der Waals surface area contributed by atoms with Crippen LogP contribution in [0.15, 0.2) is 53.5 Å². The smallest absolute Gasteiger partial charge is 0.337 e. The number of nitrogens with zero attached hydrogens (tertiary/aromatic N) is 3. The third-order valence-electron chi connectivity index (χ3n) is 3.98. The second kappa shape index (κ2) is 4.95.